The van der Waals surface area contributed by atoms with Gasteiger partial charge in [-0.15, -0.1) is 11.3 Å². The molecule has 1 aromatic carbocycles. The normalized spacial score (nSPS) is 12.3. The number of nitrogens with zero attached hydrogens (tertiary/aromatic N) is 1. The van der Waals surface area contributed by atoms with Crippen molar-refractivity contribution in [2.75, 3.05) is 0 Å². The van der Waals surface area contributed by atoms with Crippen LogP contribution < -0.4 is 0 Å². The molecule has 5 heteroatoms. The number of benzene rings is 1. The molecule has 1 aromatic heterocycles. The lowest BCUT2D eigenvalue weighted by Crippen LogP contribution is -1.95. The number of halogens is 2. The molecule has 0 aliphatic rings. The molecule has 1 N–H and O–H groups in total. The Labute approximate surface area is 107 Å². The Morgan fingerprint density at radius 3 is 2.88 bits per heavy atom. The molecule has 0 saturated heterocycles. The minimum Gasteiger partial charge on any atom is -0.411 e. The van der Waals surface area contributed by atoms with E-state index in [0.717, 1.165) is 15.0 Å². The summed E-state index contributed by atoms with van der Waals surface area (Å²) in [5, 5.41) is 14.1. The predicted octanol–water partition coefficient (Wildman–Crippen LogP) is 4.60. The maximum Gasteiger partial charge on any atom is 0.0628 e. The summed E-state index contributed by atoms with van der Waals surface area (Å²) >= 11 is 13.8. The molecule has 0 aliphatic heterocycles. The van der Waals surface area contributed by atoms with Crippen LogP contribution >= 0.6 is 34.5 Å². The van der Waals surface area contributed by atoms with Crippen LogP contribution in [0.15, 0.2) is 23.4 Å². The van der Waals surface area contributed by atoms with Gasteiger partial charge in [0.25, 0.3) is 0 Å². The third-order valence-corrected chi connectivity index (χ3v) is 4.19. The van der Waals surface area contributed by atoms with E-state index in [9.17, 15) is 0 Å². The maximum atomic E-state index is 8.63. The highest BCUT2D eigenvalue weighted by Gasteiger charge is 2.11. The van der Waals surface area contributed by atoms with E-state index in [1.807, 2.05) is 18.2 Å². The Morgan fingerprint density at radius 1 is 1.44 bits per heavy atom. The smallest absolute Gasteiger partial charge is 0.0628 e. The highest BCUT2D eigenvalue weighted by molar-refractivity contribution is 7.19. The van der Waals surface area contributed by atoms with Crippen molar-refractivity contribution in [2.45, 2.75) is 13.3 Å². The lowest BCUT2D eigenvalue weighted by atomic mass is 10.2. The van der Waals surface area contributed by atoms with E-state index in [1.54, 1.807) is 18.3 Å². The second-order valence-corrected chi connectivity index (χ2v) is 5.44. The van der Waals surface area contributed by atoms with Gasteiger partial charge in [0.1, 0.15) is 0 Å². The van der Waals surface area contributed by atoms with Crippen molar-refractivity contribution in [2.24, 2.45) is 5.16 Å². The molecule has 0 amide bonds. The second-order valence-electron chi connectivity index (χ2n) is 3.49. The Balaban J connectivity index is 2.52. The molecule has 2 rings (SSSR count). The minimum atomic E-state index is 0.562. The van der Waals surface area contributed by atoms with Crippen molar-refractivity contribution in [1.29, 1.82) is 0 Å². The standard InChI is InChI=1S/C11H9Cl2NOS/c1-6(14-15)4-10-11(13)8-5-7(12)2-3-9(8)16-10/h2-3,5,15H,4H2,1H3. The van der Waals surface area contributed by atoms with Gasteiger partial charge in [-0.3, -0.25) is 0 Å². The first kappa shape index (κ1) is 11.7. The molecule has 1 heterocycles. The summed E-state index contributed by atoms with van der Waals surface area (Å²) < 4.78 is 1.09. The van der Waals surface area contributed by atoms with Gasteiger partial charge in [-0.05, 0) is 25.1 Å². The van der Waals surface area contributed by atoms with E-state index in [1.165, 1.54) is 0 Å². The Hall–Kier alpha value is -0.770. The minimum absolute atomic E-state index is 0.562. The van der Waals surface area contributed by atoms with Crippen LogP contribution in [0, 0.1) is 0 Å². The monoisotopic (exact) mass is 273 g/mol. The van der Waals surface area contributed by atoms with E-state index in [-0.39, 0.29) is 0 Å². The molecule has 0 aliphatic carbocycles. The van der Waals surface area contributed by atoms with Gasteiger partial charge >= 0.3 is 0 Å². The number of fused-ring (bicyclic) bond motifs is 1. The molecule has 16 heavy (non-hydrogen) atoms. The lowest BCUT2D eigenvalue weighted by molar-refractivity contribution is 0.318. The van der Waals surface area contributed by atoms with Crippen LogP contribution in [0.4, 0.5) is 0 Å². The third kappa shape index (κ3) is 2.17. The zero-order valence-corrected chi connectivity index (χ0v) is 10.8. The summed E-state index contributed by atoms with van der Waals surface area (Å²) in [5.74, 6) is 0. The third-order valence-electron chi connectivity index (χ3n) is 2.24. The van der Waals surface area contributed by atoms with Crippen LogP contribution in [0.2, 0.25) is 10.0 Å². The first-order valence-electron chi connectivity index (χ1n) is 4.65. The van der Waals surface area contributed by atoms with E-state index in [4.69, 9.17) is 28.4 Å². The van der Waals surface area contributed by atoms with Gasteiger partial charge in [-0.1, -0.05) is 28.4 Å². The van der Waals surface area contributed by atoms with Gasteiger partial charge in [-0.25, -0.2) is 0 Å². The summed E-state index contributed by atoms with van der Waals surface area (Å²) in [6, 6.07) is 5.64. The van der Waals surface area contributed by atoms with E-state index < -0.39 is 0 Å². The highest BCUT2D eigenvalue weighted by atomic mass is 35.5. The largest absolute Gasteiger partial charge is 0.411 e. The first-order chi connectivity index (χ1) is 7.61. The van der Waals surface area contributed by atoms with Crippen molar-refractivity contribution in [1.82, 2.24) is 0 Å². The Bertz CT molecular complexity index is 562. The molecule has 0 spiro atoms. The molecule has 0 atom stereocenters. The Morgan fingerprint density at radius 2 is 2.19 bits per heavy atom. The summed E-state index contributed by atoms with van der Waals surface area (Å²) in [6.07, 6.45) is 0.562. The summed E-state index contributed by atoms with van der Waals surface area (Å²) in [4.78, 5) is 0.995. The zero-order valence-electron chi connectivity index (χ0n) is 8.50. The molecule has 84 valence electrons. The van der Waals surface area contributed by atoms with Gasteiger partial charge in [0.2, 0.25) is 0 Å². The lowest BCUT2D eigenvalue weighted by Gasteiger charge is -1.95. The predicted molar refractivity (Wildman–Crippen MR) is 70.4 cm³/mol. The first-order valence-corrected chi connectivity index (χ1v) is 6.23. The number of hydrogen-bond donors (Lipinski definition) is 1. The molecule has 0 fully saturated rings. The SMILES string of the molecule is CC(Cc1sc2ccc(Cl)cc2c1Cl)=NO. The fraction of sp³-hybridized carbons (Fsp3) is 0.182. The van der Waals surface area contributed by atoms with Crippen LogP contribution in [-0.2, 0) is 6.42 Å². The summed E-state index contributed by atoms with van der Waals surface area (Å²) in [7, 11) is 0. The summed E-state index contributed by atoms with van der Waals surface area (Å²) in [5.41, 5.74) is 0.638. The molecular formula is C11H9Cl2NOS. The van der Waals surface area contributed by atoms with E-state index in [0.29, 0.717) is 22.2 Å². The van der Waals surface area contributed by atoms with Crippen LogP contribution in [0.3, 0.4) is 0 Å². The number of hydrogen-bond acceptors (Lipinski definition) is 3. The second kappa shape index (κ2) is 4.62. The molecule has 0 saturated carbocycles. The van der Waals surface area contributed by atoms with Gasteiger partial charge in [0, 0.05) is 26.4 Å². The highest BCUT2D eigenvalue weighted by Crippen LogP contribution is 2.37. The van der Waals surface area contributed by atoms with Gasteiger partial charge in [-0.2, -0.15) is 0 Å². The van der Waals surface area contributed by atoms with Crippen LogP contribution in [0.5, 0.6) is 0 Å². The average molecular weight is 274 g/mol. The zero-order chi connectivity index (χ0) is 11.7. The number of rotatable bonds is 2. The Kier molecular flexibility index (Phi) is 3.38. The van der Waals surface area contributed by atoms with Crippen LogP contribution in [0.1, 0.15) is 11.8 Å². The fourth-order valence-electron chi connectivity index (χ4n) is 1.47. The van der Waals surface area contributed by atoms with E-state index in [2.05, 4.69) is 5.16 Å². The van der Waals surface area contributed by atoms with Crippen molar-refractivity contribution < 1.29 is 5.21 Å². The number of thiophene rings is 1. The maximum absolute atomic E-state index is 8.63. The van der Waals surface area contributed by atoms with Crippen LogP contribution in [0.25, 0.3) is 10.1 Å². The van der Waals surface area contributed by atoms with Crippen molar-refractivity contribution in [3.63, 3.8) is 0 Å². The molecule has 0 bridgehead atoms. The van der Waals surface area contributed by atoms with Gasteiger partial charge < -0.3 is 5.21 Å². The van der Waals surface area contributed by atoms with Crippen molar-refractivity contribution >= 4 is 50.3 Å². The van der Waals surface area contributed by atoms with E-state index >= 15 is 0 Å². The number of oxime groups is 1. The summed E-state index contributed by atoms with van der Waals surface area (Å²) in [6.45, 7) is 1.76. The quantitative estimate of drug-likeness (QED) is 0.484. The van der Waals surface area contributed by atoms with Crippen molar-refractivity contribution in [3.8, 4) is 0 Å². The molecule has 2 nitrogen and oxygen atoms in total. The topological polar surface area (TPSA) is 32.6 Å². The molecule has 0 radical (unpaired) electrons. The van der Waals surface area contributed by atoms with Crippen LogP contribution in [-0.4, -0.2) is 10.9 Å². The average Bonchev–Trinajstić information content (AvgIpc) is 2.56. The molecule has 0 unspecified atom stereocenters. The van der Waals surface area contributed by atoms with Gasteiger partial charge in [0.15, 0.2) is 0 Å². The molecule has 2 aromatic rings. The van der Waals surface area contributed by atoms with Gasteiger partial charge in [0.05, 0.1) is 10.7 Å². The fourth-order valence-corrected chi connectivity index (χ4v) is 3.19. The van der Waals surface area contributed by atoms with Crippen molar-refractivity contribution in [3.05, 3.63) is 33.1 Å². The molecular weight excluding hydrogens is 265 g/mol.